The Morgan fingerprint density at radius 1 is 1.06 bits per heavy atom. The molecule has 0 amide bonds. The van der Waals surface area contributed by atoms with E-state index in [1.807, 2.05) is 27.7 Å². The van der Waals surface area contributed by atoms with Crippen LogP contribution < -0.4 is 0 Å². The molecule has 0 rings (SSSR count). The van der Waals surface area contributed by atoms with Gasteiger partial charge >= 0.3 is 0 Å². The molecule has 2 nitrogen and oxygen atoms in total. The van der Waals surface area contributed by atoms with Crippen molar-refractivity contribution in [2.45, 2.75) is 79.4 Å². The van der Waals surface area contributed by atoms with E-state index in [1.54, 1.807) is 0 Å². The minimum absolute atomic E-state index is 0.211. The number of hydrogen-bond donors (Lipinski definition) is 0. The molecule has 1 unspecified atom stereocenters. The lowest BCUT2D eigenvalue weighted by Crippen LogP contribution is -2.40. The molecule has 1 atom stereocenters. The zero-order chi connectivity index (χ0) is 13.0. The van der Waals surface area contributed by atoms with Gasteiger partial charge < -0.3 is 4.74 Å². The first-order chi connectivity index (χ1) is 7.22. The van der Waals surface area contributed by atoms with E-state index in [4.69, 9.17) is 4.74 Å². The molecular weight excluding hydrogens is 200 g/mol. The standard InChI is InChI=1S/C14H28O2/c1-8-13(5,6)16-11(4)12(15)14(7,9-2)10-3/h11H,8-10H2,1-7H3. The van der Waals surface area contributed by atoms with Crippen molar-refractivity contribution in [1.82, 2.24) is 0 Å². The summed E-state index contributed by atoms with van der Waals surface area (Å²) >= 11 is 0. The predicted molar refractivity (Wildman–Crippen MR) is 68.6 cm³/mol. The Morgan fingerprint density at radius 3 is 1.81 bits per heavy atom. The highest BCUT2D eigenvalue weighted by Crippen LogP contribution is 2.30. The quantitative estimate of drug-likeness (QED) is 0.659. The zero-order valence-corrected chi connectivity index (χ0v) is 12.0. The maximum atomic E-state index is 12.3. The van der Waals surface area contributed by atoms with Gasteiger partial charge in [-0.25, -0.2) is 0 Å². The molecule has 16 heavy (non-hydrogen) atoms. The highest BCUT2D eigenvalue weighted by Gasteiger charge is 2.35. The first-order valence-corrected chi connectivity index (χ1v) is 6.44. The second-order valence-corrected chi connectivity index (χ2v) is 5.51. The summed E-state index contributed by atoms with van der Waals surface area (Å²) in [6.07, 6.45) is 2.37. The van der Waals surface area contributed by atoms with E-state index < -0.39 is 0 Å². The van der Waals surface area contributed by atoms with Crippen LogP contribution in [0.4, 0.5) is 0 Å². The van der Waals surface area contributed by atoms with Crippen LogP contribution in [0.2, 0.25) is 0 Å². The molecule has 0 radical (unpaired) electrons. The minimum atomic E-state index is -0.306. The van der Waals surface area contributed by atoms with Gasteiger partial charge in [-0.1, -0.05) is 27.7 Å². The summed E-state index contributed by atoms with van der Waals surface area (Å²) in [5.41, 5.74) is -0.444. The second kappa shape index (κ2) is 5.81. The number of carbonyl (C=O) groups excluding carboxylic acids is 1. The van der Waals surface area contributed by atoms with Crippen LogP contribution in [0, 0.1) is 5.41 Å². The first kappa shape index (κ1) is 15.6. The van der Waals surface area contributed by atoms with Gasteiger partial charge in [-0.2, -0.15) is 0 Å². The number of ketones is 1. The second-order valence-electron chi connectivity index (χ2n) is 5.51. The number of Topliss-reactive ketones (excluding diaryl/α,β-unsaturated/α-hetero) is 1. The lowest BCUT2D eigenvalue weighted by molar-refractivity contribution is -0.149. The molecular formula is C14H28O2. The molecule has 0 aliphatic carbocycles. The Bertz CT molecular complexity index is 227. The summed E-state index contributed by atoms with van der Waals surface area (Å²) < 4.78 is 5.85. The fourth-order valence-corrected chi connectivity index (χ4v) is 1.70. The van der Waals surface area contributed by atoms with Gasteiger partial charge in [-0.15, -0.1) is 0 Å². The Labute approximate surface area is 101 Å². The molecule has 0 spiro atoms. The van der Waals surface area contributed by atoms with Crippen LogP contribution in [0.25, 0.3) is 0 Å². The third-order valence-corrected chi connectivity index (χ3v) is 3.87. The summed E-state index contributed by atoms with van der Waals surface area (Å²) in [4.78, 5) is 12.3. The molecule has 0 heterocycles. The van der Waals surface area contributed by atoms with Crippen molar-refractivity contribution in [3.05, 3.63) is 0 Å². The van der Waals surface area contributed by atoms with Gasteiger partial charge in [0.05, 0.1) is 5.60 Å². The molecule has 0 aliphatic heterocycles. The number of ether oxygens (including phenoxy) is 1. The van der Waals surface area contributed by atoms with Crippen LogP contribution in [0.5, 0.6) is 0 Å². The molecule has 0 N–H and O–H groups in total. The van der Waals surface area contributed by atoms with Crippen molar-refractivity contribution in [2.24, 2.45) is 5.41 Å². The fraction of sp³-hybridized carbons (Fsp3) is 0.929. The van der Waals surface area contributed by atoms with Crippen LogP contribution in [-0.4, -0.2) is 17.5 Å². The summed E-state index contributed by atoms with van der Waals surface area (Å²) in [5.74, 6) is 0.235. The van der Waals surface area contributed by atoms with Crippen molar-refractivity contribution < 1.29 is 9.53 Å². The molecule has 96 valence electrons. The first-order valence-electron chi connectivity index (χ1n) is 6.44. The zero-order valence-electron chi connectivity index (χ0n) is 12.0. The smallest absolute Gasteiger partial charge is 0.167 e. The van der Waals surface area contributed by atoms with Crippen molar-refractivity contribution in [3.8, 4) is 0 Å². The summed E-state index contributed by atoms with van der Waals surface area (Å²) in [6.45, 7) is 14.2. The van der Waals surface area contributed by atoms with Gasteiger partial charge in [0.25, 0.3) is 0 Å². The van der Waals surface area contributed by atoms with Gasteiger partial charge in [-0.3, -0.25) is 4.79 Å². The normalized spacial score (nSPS) is 14.9. The Balaban J connectivity index is 4.62. The number of hydrogen-bond acceptors (Lipinski definition) is 2. The van der Waals surface area contributed by atoms with Crippen molar-refractivity contribution in [1.29, 1.82) is 0 Å². The molecule has 0 bridgehead atoms. The van der Waals surface area contributed by atoms with E-state index in [1.165, 1.54) is 0 Å². The SMILES string of the molecule is CCC(C)(C)OC(C)C(=O)C(C)(CC)CC. The summed E-state index contributed by atoms with van der Waals surface area (Å²) in [6, 6.07) is 0. The average Bonchev–Trinajstić information content (AvgIpc) is 2.26. The summed E-state index contributed by atoms with van der Waals surface area (Å²) in [7, 11) is 0. The summed E-state index contributed by atoms with van der Waals surface area (Å²) in [5, 5.41) is 0. The highest BCUT2D eigenvalue weighted by atomic mass is 16.5. The molecule has 0 fully saturated rings. The Hall–Kier alpha value is -0.370. The van der Waals surface area contributed by atoms with E-state index in [0.29, 0.717) is 0 Å². The van der Waals surface area contributed by atoms with Crippen LogP contribution in [0.1, 0.15) is 67.7 Å². The van der Waals surface area contributed by atoms with Crippen LogP contribution >= 0.6 is 0 Å². The van der Waals surface area contributed by atoms with E-state index in [2.05, 4.69) is 20.8 Å². The molecule has 0 aromatic heterocycles. The lowest BCUT2D eigenvalue weighted by Gasteiger charge is -2.33. The minimum Gasteiger partial charge on any atom is -0.365 e. The molecule has 0 saturated carbocycles. The largest absolute Gasteiger partial charge is 0.365 e. The predicted octanol–water partition coefficient (Wildman–Crippen LogP) is 3.98. The fourth-order valence-electron chi connectivity index (χ4n) is 1.70. The highest BCUT2D eigenvalue weighted by molar-refractivity contribution is 5.88. The maximum Gasteiger partial charge on any atom is 0.167 e. The molecule has 2 heteroatoms. The van der Waals surface area contributed by atoms with Gasteiger partial charge in [-0.05, 0) is 40.0 Å². The van der Waals surface area contributed by atoms with Crippen molar-refractivity contribution in [2.75, 3.05) is 0 Å². The van der Waals surface area contributed by atoms with Crippen LogP contribution in [0.15, 0.2) is 0 Å². The van der Waals surface area contributed by atoms with Crippen LogP contribution in [-0.2, 0) is 9.53 Å². The third kappa shape index (κ3) is 3.89. The topological polar surface area (TPSA) is 26.3 Å². The van der Waals surface area contributed by atoms with Crippen LogP contribution in [0.3, 0.4) is 0 Å². The number of carbonyl (C=O) groups is 1. The average molecular weight is 228 g/mol. The molecule has 0 aliphatic rings. The van der Waals surface area contributed by atoms with Gasteiger partial charge in [0.15, 0.2) is 5.78 Å². The monoisotopic (exact) mass is 228 g/mol. The Kier molecular flexibility index (Phi) is 5.67. The van der Waals surface area contributed by atoms with Gasteiger partial charge in [0.2, 0.25) is 0 Å². The maximum absolute atomic E-state index is 12.3. The van der Waals surface area contributed by atoms with Gasteiger partial charge in [0.1, 0.15) is 6.10 Å². The molecule has 0 aromatic carbocycles. The molecule has 0 saturated heterocycles. The molecule has 0 aromatic rings. The van der Waals surface area contributed by atoms with Gasteiger partial charge in [0, 0.05) is 5.41 Å². The van der Waals surface area contributed by atoms with E-state index in [-0.39, 0.29) is 22.9 Å². The third-order valence-electron chi connectivity index (χ3n) is 3.87. The van der Waals surface area contributed by atoms with Crippen molar-refractivity contribution >= 4 is 5.78 Å². The van der Waals surface area contributed by atoms with Crippen molar-refractivity contribution in [3.63, 3.8) is 0 Å². The lowest BCUT2D eigenvalue weighted by atomic mass is 9.78. The number of rotatable bonds is 7. The Morgan fingerprint density at radius 2 is 1.50 bits per heavy atom. The van der Waals surface area contributed by atoms with E-state index >= 15 is 0 Å². The van der Waals surface area contributed by atoms with E-state index in [9.17, 15) is 4.79 Å². The van der Waals surface area contributed by atoms with E-state index in [0.717, 1.165) is 19.3 Å².